The number of benzene rings is 2. The van der Waals surface area contributed by atoms with Crippen LogP contribution in [0.3, 0.4) is 0 Å². The van der Waals surface area contributed by atoms with Gasteiger partial charge in [0.25, 0.3) is 0 Å². The molecule has 0 aliphatic heterocycles. The van der Waals surface area contributed by atoms with Crippen LogP contribution in [0, 0.1) is 23.4 Å². The fraction of sp³-hybridized carbons (Fsp3) is 0.520. The highest BCUT2D eigenvalue weighted by molar-refractivity contribution is 5.32. The van der Waals surface area contributed by atoms with Crippen LogP contribution in [0.4, 0.5) is 35.1 Å². The summed E-state index contributed by atoms with van der Waals surface area (Å²) in [6.07, 6.45) is -3.75. The second kappa shape index (κ2) is 11.1. The van der Waals surface area contributed by atoms with Gasteiger partial charge in [-0.2, -0.15) is 8.78 Å². The van der Waals surface area contributed by atoms with Gasteiger partial charge in [0.2, 0.25) is 5.75 Å². The molecule has 2 nitrogen and oxygen atoms in total. The summed E-state index contributed by atoms with van der Waals surface area (Å²) >= 11 is 0. The van der Waals surface area contributed by atoms with Crippen molar-refractivity contribution in [3.8, 4) is 5.75 Å². The maximum atomic E-state index is 14.6. The van der Waals surface area contributed by atoms with Gasteiger partial charge < -0.3 is 9.47 Å². The largest absolute Gasteiger partial charge is 0.573 e. The highest BCUT2D eigenvalue weighted by Crippen LogP contribution is 2.39. The fourth-order valence-electron chi connectivity index (χ4n) is 4.56. The third kappa shape index (κ3) is 7.32. The topological polar surface area (TPSA) is 18.5 Å². The van der Waals surface area contributed by atoms with E-state index in [9.17, 15) is 35.1 Å². The van der Waals surface area contributed by atoms with Gasteiger partial charge in [-0.3, -0.25) is 0 Å². The van der Waals surface area contributed by atoms with Crippen LogP contribution in [-0.4, -0.2) is 13.0 Å². The number of ether oxygens (including phenoxy) is 2. The quantitative estimate of drug-likeness (QED) is 0.316. The molecule has 0 bridgehead atoms. The Balaban J connectivity index is 1.60. The zero-order chi connectivity index (χ0) is 25.8. The molecule has 2 aromatic carbocycles. The van der Waals surface area contributed by atoms with Gasteiger partial charge in [0.1, 0.15) is 5.82 Å². The van der Waals surface area contributed by atoms with Crippen LogP contribution in [0.2, 0.25) is 0 Å². The van der Waals surface area contributed by atoms with Crippen LogP contribution < -0.4 is 4.74 Å². The molecule has 0 amide bonds. The summed E-state index contributed by atoms with van der Waals surface area (Å²) in [7, 11) is 0. The predicted molar refractivity (Wildman–Crippen MR) is 113 cm³/mol. The van der Waals surface area contributed by atoms with E-state index in [1.165, 1.54) is 6.07 Å². The molecular weight excluding hydrogens is 484 g/mol. The van der Waals surface area contributed by atoms with Gasteiger partial charge in [0.05, 0.1) is 12.2 Å². The van der Waals surface area contributed by atoms with Crippen LogP contribution in [0.5, 0.6) is 5.75 Å². The standard InChI is InChI=1S/C25H26F8O2/c1-2-3-15-4-6-17(7-5-15)18-8-9-19(20(26)14-18)24(29,30)34-11-10-16-12-21(27)23(22(28)13-16)35-25(31,32)33/h8-9,12-15,17H,2-7,10-11H2,1H3. The van der Waals surface area contributed by atoms with Crippen LogP contribution in [0.25, 0.3) is 0 Å². The van der Waals surface area contributed by atoms with E-state index >= 15 is 0 Å². The molecule has 1 saturated carbocycles. The second-order valence-electron chi connectivity index (χ2n) is 8.80. The molecule has 194 valence electrons. The Morgan fingerprint density at radius 3 is 2.03 bits per heavy atom. The van der Waals surface area contributed by atoms with Crippen molar-refractivity contribution in [2.75, 3.05) is 6.61 Å². The lowest BCUT2D eigenvalue weighted by Gasteiger charge is -2.29. The number of rotatable bonds is 9. The van der Waals surface area contributed by atoms with Crippen molar-refractivity contribution in [2.24, 2.45) is 5.92 Å². The van der Waals surface area contributed by atoms with Gasteiger partial charge in [0, 0.05) is 0 Å². The number of alkyl halides is 5. The molecule has 2 aromatic rings. The predicted octanol–water partition coefficient (Wildman–Crippen LogP) is 8.39. The van der Waals surface area contributed by atoms with E-state index < -0.39 is 54.3 Å². The van der Waals surface area contributed by atoms with Gasteiger partial charge in [-0.25, -0.2) is 13.2 Å². The van der Waals surface area contributed by atoms with E-state index in [4.69, 9.17) is 0 Å². The molecular formula is C25H26F8O2. The van der Waals surface area contributed by atoms with E-state index in [2.05, 4.69) is 16.4 Å². The molecule has 0 saturated heterocycles. The van der Waals surface area contributed by atoms with Gasteiger partial charge in [0.15, 0.2) is 11.6 Å². The first-order valence-corrected chi connectivity index (χ1v) is 11.4. The molecule has 0 atom stereocenters. The first-order valence-electron chi connectivity index (χ1n) is 11.4. The smallest absolute Gasteiger partial charge is 0.399 e. The Labute approximate surface area is 198 Å². The van der Waals surface area contributed by atoms with Crippen molar-refractivity contribution < 1.29 is 44.6 Å². The van der Waals surface area contributed by atoms with Crippen LogP contribution >= 0.6 is 0 Å². The lowest BCUT2D eigenvalue weighted by molar-refractivity contribution is -0.276. The molecule has 3 rings (SSSR count). The van der Waals surface area contributed by atoms with E-state index in [0.717, 1.165) is 50.7 Å². The lowest BCUT2D eigenvalue weighted by Crippen LogP contribution is -2.22. The van der Waals surface area contributed by atoms with Crippen molar-refractivity contribution in [2.45, 2.75) is 70.3 Å². The first kappa shape index (κ1) is 27.2. The van der Waals surface area contributed by atoms with Crippen molar-refractivity contribution >= 4 is 0 Å². The van der Waals surface area contributed by atoms with Gasteiger partial charge in [-0.15, -0.1) is 13.2 Å². The second-order valence-corrected chi connectivity index (χ2v) is 8.80. The highest BCUT2D eigenvalue weighted by Gasteiger charge is 2.37. The van der Waals surface area contributed by atoms with E-state index in [1.807, 2.05) is 0 Å². The average Bonchev–Trinajstić information content (AvgIpc) is 2.76. The average molecular weight is 510 g/mol. The SMILES string of the molecule is CCCC1CCC(c2ccc(C(F)(F)OCCc3cc(F)c(OC(F)(F)F)c(F)c3)c(F)c2)CC1. The fourth-order valence-corrected chi connectivity index (χ4v) is 4.56. The number of halogens is 8. The van der Waals surface area contributed by atoms with E-state index in [-0.39, 0.29) is 11.5 Å². The first-order chi connectivity index (χ1) is 16.4. The van der Waals surface area contributed by atoms with Gasteiger partial charge >= 0.3 is 12.5 Å². The molecule has 0 N–H and O–H groups in total. The van der Waals surface area contributed by atoms with Gasteiger partial charge in [-0.1, -0.05) is 25.8 Å². The maximum absolute atomic E-state index is 14.6. The molecule has 1 aliphatic rings. The zero-order valence-corrected chi connectivity index (χ0v) is 19.0. The third-order valence-electron chi connectivity index (χ3n) is 6.27. The molecule has 0 radical (unpaired) electrons. The lowest BCUT2D eigenvalue weighted by atomic mass is 9.77. The molecule has 35 heavy (non-hydrogen) atoms. The summed E-state index contributed by atoms with van der Waals surface area (Å²) in [5.74, 6) is -5.30. The molecule has 0 unspecified atom stereocenters. The Bertz CT molecular complexity index is 974. The van der Waals surface area contributed by atoms with Crippen LogP contribution in [-0.2, 0) is 17.3 Å². The summed E-state index contributed by atoms with van der Waals surface area (Å²) in [4.78, 5) is 0. The van der Waals surface area contributed by atoms with Crippen molar-refractivity contribution in [1.29, 1.82) is 0 Å². The summed E-state index contributed by atoms with van der Waals surface area (Å²) in [6.45, 7) is 1.36. The van der Waals surface area contributed by atoms with Crippen molar-refractivity contribution in [3.63, 3.8) is 0 Å². The third-order valence-corrected chi connectivity index (χ3v) is 6.27. The summed E-state index contributed by atoms with van der Waals surface area (Å²) < 4.78 is 115. The minimum Gasteiger partial charge on any atom is -0.399 e. The van der Waals surface area contributed by atoms with Gasteiger partial charge in [-0.05, 0) is 79.3 Å². The Morgan fingerprint density at radius 2 is 1.49 bits per heavy atom. The highest BCUT2D eigenvalue weighted by atomic mass is 19.4. The zero-order valence-electron chi connectivity index (χ0n) is 19.0. The molecule has 1 aliphatic carbocycles. The minimum absolute atomic E-state index is 0.107. The number of hydrogen-bond acceptors (Lipinski definition) is 2. The van der Waals surface area contributed by atoms with Crippen molar-refractivity contribution in [1.82, 2.24) is 0 Å². The summed E-state index contributed by atoms with van der Waals surface area (Å²) in [6, 6.07) is 4.59. The molecule has 0 heterocycles. The number of hydrogen-bond donors (Lipinski definition) is 0. The molecule has 10 heteroatoms. The Morgan fingerprint density at radius 1 is 0.857 bits per heavy atom. The molecule has 0 spiro atoms. The Kier molecular flexibility index (Phi) is 8.67. The van der Waals surface area contributed by atoms with Crippen LogP contribution in [0.1, 0.15) is 68.1 Å². The van der Waals surface area contributed by atoms with E-state index in [1.54, 1.807) is 0 Å². The monoisotopic (exact) mass is 510 g/mol. The van der Waals surface area contributed by atoms with E-state index in [0.29, 0.717) is 23.6 Å². The molecule has 0 aromatic heterocycles. The van der Waals surface area contributed by atoms with Crippen LogP contribution in [0.15, 0.2) is 30.3 Å². The van der Waals surface area contributed by atoms with Crippen molar-refractivity contribution in [3.05, 3.63) is 64.5 Å². The molecule has 1 fully saturated rings. The minimum atomic E-state index is -5.30. The Hall–Kier alpha value is -2.36. The summed E-state index contributed by atoms with van der Waals surface area (Å²) in [5.41, 5.74) is -0.545. The normalized spacial score (nSPS) is 19.1. The summed E-state index contributed by atoms with van der Waals surface area (Å²) in [5, 5.41) is 0. The maximum Gasteiger partial charge on any atom is 0.573 e.